The molecule has 3 heterocycles. The van der Waals surface area contributed by atoms with Gasteiger partial charge in [0, 0.05) is 57.7 Å². The first kappa shape index (κ1) is 20.1. The van der Waals surface area contributed by atoms with Crippen LogP contribution in [0.1, 0.15) is 23.2 Å². The van der Waals surface area contributed by atoms with Crippen LogP contribution in [-0.2, 0) is 14.8 Å². The third-order valence-corrected chi connectivity index (χ3v) is 6.40. The Bertz CT molecular complexity index is 724. The Kier molecular flexibility index (Phi) is 6.74. The normalized spacial score (nSPS) is 22.1. The average Bonchev–Trinajstić information content (AvgIpc) is 2.68. The zero-order valence-corrected chi connectivity index (χ0v) is 16.5. The van der Waals surface area contributed by atoms with Crippen molar-refractivity contribution in [2.45, 2.75) is 18.9 Å². The molecule has 1 atom stereocenters. The van der Waals surface area contributed by atoms with Crippen LogP contribution in [0.5, 0.6) is 0 Å². The molecule has 1 aromatic rings. The first-order chi connectivity index (χ1) is 12.9. The number of likely N-dealkylation sites (tertiary alicyclic amines) is 1. The summed E-state index contributed by atoms with van der Waals surface area (Å²) in [7, 11) is -3.37. The van der Waals surface area contributed by atoms with Crippen molar-refractivity contribution in [3.05, 3.63) is 24.3 Å². The maximum Gasteiger partial charge on any atom is 0.257 e. The first-order valence-electron chi connectivity index (χ1n) is 9.26. The fourth-order valence-electron chi connectivity index (χ4n) is 3.65. The Hall–Kier alpha value is -1.62. The van der Waals surface area contributed by atoms with Crippen LogP contribution in [0, 0.1) is 0 Å². The predicted molar refractivity (Wildman–Crippen MR) is 99.8 cm³/mol. The molecular formula is C17H27N5O4S. The zero-order valence-electron chi connectivity index (χ0n) is 15.7. The molecule has 2 fully saturated rings. The SMILES string of the molecule is CS(=O)(=O)N(CCN1CCOCC1)C1CCCN(C(=O)c2cncnc2)C1. The minimum absolute atomic E-state index is 0.151. The van der Waals surface area contributed by atoms with Crippen LogP contribution >= 0.6 is 0 Å². The number of carbonyl (C=O) groups is 1. The molecule has 0 aromatic carbocycles. The molecule has 0 aliphatic carbocycles. The minimum atomic E-state index is -3.37. The van der Waals surface area contributed by atoms with E-state index in [0.29, 0.717) is 45.0 Å². The zero-order chi connectivity index (χ0) is 19.3. The van der Waals surface area contributed by atoms with Gasteiger partial charge in [-0.25, -0.2) is 18.4 Å². The number of aromatic nitrogens is 2. The summed E-state index contributed by atoms with van der Waals surface area (Å²) in [5.74, 6) is -0.151. The van der Waals surface area contributed by atoms with E-state index in [-0.39, 0.29) is 11.9 Å². The van der Waals surface area contributed by atoms with Crippen molar-refractivity contribution in [1.29, 1.82) is 0 Å². The molecule has 1 amide bonds. The van der Waals surface area contributed by atoms with E-state index in [4.69, 9.17) is 4.74 Å². The molecule has 10 heteroatoms. The van der Waals surface area contributed by atoms with Gasteiger partial charge in [0.1, 0.15) is 6.33 Å². The molecule has 0 saturated carbocycles. The summed E-state index contributed by atoms with van der Waals surface area (Å²) in [5, 5.41) is 0. The van der Waals surface area contributed by atoms with Gasteiger partial charge in [-0.15, -0.1) is 0 Å². The lowest BCUT2D eigenvalue weighted by atomic mass is 10.0. The molecule has 0 N–H and O–H groups in total. The summed E-state index contributed by atoms with van der Waals surface area (Å²) in [6.07, 6.45) is 7.14. The summed E-state index contributed by atoms with van der Waals surface area (Å²) in [4.78, 5) is 24.4. The van der Waals surface area contributed by atoms with Crippen molar-refractivity contribution in [3.8, 4) is 0 Å². The summed E-state index contributed by atoms with van der Waals surface area (Å²) < 4.78 is 31.7. The standard InChI is InChI=1S/C17H27N5O4S/c1-27(24,25)22(6-5-20-7-9-26-10-8-20)16-3-2-4-21(13-16)17(23)15-11-18-14-19-12-15/h11-12,14,16H,2-10,13H2,1H3. The lowest BCUT2D eigenvalue weighted by molar-refractivity contribution is 0.0334. The topological polar surface area (TPSA) is 95.9 Å². The lowest BCUT2D eigenvalue weighted by Crippen LogP contribution is -2.53. The largest absolute Gasteiger partial charge is 0.379 e. The van der Waals surface area contributed by atoms with Gasteiger partial charge in [0.2, 0.25) is 10.0 Å². The van der Waals surface area contributed by atoms with Crippen LogP contribution in [0.3, 0.4) is 0 Å². The van der Waals surface area contributed by atoms with Crippen molar-refractivity contribution < 1.29 is 17.9 Å². The lowest BCUT2D eigenvalue weighted by Gasteiger charge is -2.39. The Morgan fingerprint density at radius 2 is 1.96 bits per heavy atom. The molecule has 2 aliphatic heterocycles. The number of carbonyl (C=O) groups excluding carboxylic acids is 1. The van der Waals surface area contributed by atoms with Crippen molar-refractivity contribution in [3.63, 3.8) is 0 Å². The number of hydrogen-bond acceptors (Lipinski definition) is 7. The molecule has 9 nitrogen and oxygen atoms in total. The van der Waals surface area contributed by atoms with E-state index in [1.54, 1.807) is 9.21 Å². The van der Waals surface area contributed by atoms with Crippen molar-refractivity contribution in [2.24, 2.45) is 0 Å². The van der Waals surface area contributed by atoms with Crippen LogP contribution in [-0.4, -0.2) is 103 Å². The van der Waals surface area contributed by atoms with Crippen molar-refractivity contribution >= 4 is 15.9 Å². The van der Waals surface area contributed by atoms with E-state index in [1.165, 1.54) is 25.0 Å². The monoisotopic (exact) mass is 397 g/mol. The Balaban J connectivity index is 1.65. The highest BCUT2D eigenvalue weighted by Crippen LogP contribution is 2.20. The van der Waals surface area contributed by atoms with E-state index >= 15 is 0 Å². The smallest absolute Gasteiger partial charge is 0.257 e. The minimum Gasteiger partial charge on any atom is -0.379 e. The number of piperidine rings is 1. The molecule has 27 heavy (non-hydrogen) atoms. The van der Waals surface area contributed by atoms with Gasteiger partial charge in [0.15, 0.2) is 0 Å². The molecular weight excluding hydrogens is 370 g/mol. The summed E-state index contributed by atoms with van der Waals surface area (Å²) >= 11 is 0. The first-order valence-corrected chi connectivity index (χ1v) is 11.1. The number of rotatable bonds is 6. The fraction of sp³-hybridized carbons (Fsp3) is 0.706. The Morgan fingerprint density at radius 3 is 2.63 bits per heavy atom. The van der Waals surface area contributed by atoms with E-state index in [2.05, 4.69) is 14.9 Å². The maximum atomic E-state index is 12.7. The molecule has 3 rings (SSSR count). The molecule has 2 aliphatic rings. The average molecular weight is 398 g/mol. The Labute approximate surface area is 160 Å². The molecule has 0 radical (unpaired) electrons. The van der Waals surface area contributed by atoms with Crippen LogP contribution in [0.25, 0.3) is 0 Å². The maximum absolute atomic E-state index is 12.7. The number of sulfonamides is 1. The van der Waals surface area contributed by atoms with E-state index in [0.717, 1.165) is 25.9 Å². The van der Waals surface area contributed by atoms with Crippen LogP contribution in [0.15, 0.2) is 18.7 Å². The van der Waals surface area contributed by atoms with Gasteiger partial charge in [0.25, 0.3) is 5.91 Å². The number of amides is 1. The molecule has 0 bridgehead atoms. The summed E-state index contributed by atoms with van der Waals surface area (Å²) in [6.45, 7) is 5.12. The number of hydrogen-bond donors (Lipinski definition) is 0. The van der Waals surface area contributed by atoms with Gasteiger partial charge in [-0.05, 0) is 12.8 Å². The second-order valence-electron chi connectivity index (χ2n) is 7.00. The van der Waals surface area contributed by atoms with Gasteiger partial charge >= 0.3 is 0 Å². The van der Waals surface area contributed by atoms with Crippen molar-refractivity contribution in [2.75, 3.05) is 58.7 Å². The Morgan fingerprint density at radius 1 is 1.26 bits per heavy atom. The molecule has 0 spiro atoms. The highest BCUT2D eigenvalue weighted by molar-refractivity contribution is 7.88. The third kappa shape index (κ3) is 5.44. The van der Waals surface area contributed by atoms with Crippen LogP contribution < -0.4 is 0 Å². The number of ether oxygens (including phenoxy) is 1. The van der Waals surface area contributed by atoms with E-state index in [9.17, 15) is 13.2 Å². The summed E-state index contributed by atoms with van der Waals surface area (Å²) in [6, 6.07) is -0.205. The second kappa shape index (κ2) is 9.05. The van der Waals surface area contributed by atoms with Crippen LogP contribution in [0.2, 0.25) is 0 Å². The molecule has 1 unspecified atom stereocenters. The van der Waals surface area contributed by atoms with Gasteiger partial charge in [-0.3, -0.25) is 9.69 Å². The number of nitrogens with zero attached hydrogens (tertiary/aromatic N) is 5. The molecule has 150 valence electrons. The summed E-state index contributed by atoms with van der Waals surface area (Å²) in [5.41, 5.74) is 0.428. The van der Waals surface area contributed by atoms with Gasteiger partial charge in [0.05, 0.1) is 25.0 Å². The predicted octanol–water partition coefficient (Wildman–Crippen LogP) is -0.325. The quantitative estimate of drug-likeness (QED) is 0.649. The van der Waals surface area contributed by atoms with Gasteiger partial charge in [-0.1, -0.05) is 0 Å². The van der Waals surface area contributed by atoms with Gasteiger partial charge in [-0.2, -0.15) is 4.31 Å². The van der Waals surface area contributed by atoms with Crippen LogP contribution in [0.4, 0.5) is 0 Å². The second-order valence-corrected chi connectivity index (χ2v) is 8.94. The molecule has 1 aromatic heterocycles. The third-order valence-electron chi connectivity index (χ3n) is 5.06. The highest BCUT2D eigenvalue weighted by atomic mass is 32.2. The van der Waals surface area contributed by atoms with E-state index < -0.39 is 10.0 Å². The fourth-order valence-corrected chi connectivity index (χ4v) is 4.78. The van der Waals surface area contributed by atoms with Gasteiger partial charge < -0.3 is 9.64 Å². The number of morpholine rings is 1. The molecule has 2 saturated heterocycles. The van der Waals surface area contributed by atoms with E-state index in [1.807, 2.05) is 0 Å². The van der Waals surface area contributed by atoms with Crippen molar-refractivity contribution in [1.82, 2.24) is 24.1 Å². The highest BCUT2D eigenvalue weighted by Gasteiger charge is 2.33.